The van der Waals surface area contributed by atoms with Gasteiger partial charge in [0.1, 0.15) is 0 Å². The van der Waals surface area contributed by atoms with Crippen LogP contribution in [0.15, 0.2) is 12.1 Å². The molecule has 0 spiro atoms. The summed E-state index contributed by atoms with van der Waals surface area (Å²) in [6, 6.07) is 6.47. The predicted molar refractivity (Wildman–Crippen MR) is 79.7 cm³/mol. The Labute approximate surface area is 125 Å². The van der Waals surface area contributed by atoms with Crippen LogP contribution < -0.4 is 19.5 Å². The van der Waals surface area contributed by atoms with Crippen molar-refractivity contribution in [1.82, 2.24) is 5.32 Å². The zero-order valence-electron chi connectivity index (χ0n) is 12.8. The van der Waals surface area contributed by atoms with Crippen LogP contribution in [-0.2, 0) is 6.54 Å². The molecule has 1 aliphatic rings. The van der Waals surface area contributed by atoms with Crippen LogP contribution in [0.25, 0.3) is 0 Å². The van der Waals surface area contributed by atoms with E-state index in [9.17, 15) is 0 Å². The minimum atomic E-state index is 0.108. The molecule has 0 saturated heterocycles. The van der Waals surface area contributed by atoms with Crippen LogP contribution >= 0.6 is 0 Å². The molecule has 5 heteroatoms. The maximum absolute atomic E-state index is 9.13. The summed E-state index contributed by atoms with van der Waals surface area (Å²) < 4.78 is 16.1. The highest BCUT2D eigenvalue weighted by atomic mass is 16.5. The van der Waals surface area contributed by atoms with Crippen molar-refractivity contribution in [3.05, 3.63) is 17.7 Å². The fourth-order valence-corrected chi connectivity index (χ4v) is 2.90. The molecule has 0 radical (unpaired) electrons. The van der Waals surface area contributed by atoms with E-state index in [1.807, 2.05) is 12.1 Å². The van der Waals surface area contributed by atoms with Crippen molar-refractivity contribution in [3.8, 4) is 23.3 Å². The van der Waals surface area contributed by atoms with Crippen LogP contribution in [-0.4, -0.2) is 27.4 Å². The molecule has 1 aromatic rings. The first-order valence-electron chi connectivity index (χ1n) is 7.16. The van der Waals surface area contributed by atoms with Crippen molar-refractivity contribution in [2.24, 2.45) is 5.92 Å². The third kappa shape index (κ3) is 3.22. The zero-order chi connectivity index (χ0) is 15.2. The topological polar surface area (TPSA) is 63.5 Å². The molecule has 0 bridgehead atoms. The van der Waals surface area contributed by atoms with Crippen LogP contribution in [0.4, 0.5) is 0 Å². The molecule has 0 aliphatic heterocycles. The summed E-state index contributed by atoms with van der Waals surface area (Å²) in [7, 11) is 4.82. The lowest BCUT2D eigenvalue weighted by atomic mass is 10.1. The number of methoxy groups -OCH3 is 3. The van der Waals surface area contributed by atoms with Gasteiger partial charge in [0, 0.05) is 18.2 Å². The highest BCUT2D eigenvalue weighted by molar-refractivity contribution is 5.55. The molecule has 1 saturated carbocycles. The van der Waals surface area contributed by atoms with E-state index in [2.05, 4.69) is 11.4 Å². The van der Waals surface area contributed by atoms with Gasteiger partial charge in [0.25, 0.3) is 0 Å². The summed E-state index contributed by atoms with van der Waals surface area (Å²) in [4.78, 5) is 0. The molecule has 2 rings (SSSR count). The summed E-state index contributed by atoms with van der Waals surface area (Å²) in [5.74, 6) is 2.03. The van der Waals surface area contributed by atoms with E-state index in [4.69, 9.17) is 19.5 Å². The number of ether oxygens (including phenoxy) is 3. The molecular formula is C16H22N2O3. The highest BCUT2D eigenvalue weighted by Gasteiger charge is 2.27. The first-order chi connectivity index (χ1) is 10.2. The Morgan fingerprint density at radius 1 is 1.14 bits per heavy atom. The number of rotatable bonds is 6. The van der Waals surface area contributed by atoms with Crippen LogP contribution in [0.3, 0.4) is 0 Å². The molecule has 5 nitrogen and oxygen atoms in total. The summed E-state index contributed by atoms with van der Waals surface area (Å²) >= 11 is 0. The molecule has 0 aromatic heterocycles. The fourth-order valence-electron chi connectivity index (χ4n) is 2.90. The van der Waals surface area contributed by atoms with Gasteiger partial charge in [0.2, 0.25) is 5.75 Å². The Morgan fingerprint density at radius 2 is 1.90 bits per heavy atom. The van der Waals surface area contributed by atoms with Gasteiger partial charge in [-0.3, -0.25) is 0 Å². The summed E-state index contributed by atoms with van der Waals surface area (Å²) in [5.41, 5.74) is 0.999. The Bertz CT molecular complexity index is 525. The standard InChI is InChI=1S/C16H22N2O3/c1-19-14-8-7-12(15(20-2)16(14)21-3)10-18-13-6-4-5-11(13)9-17/h7-8,11,13,18H,4-6,10H2,1-3H3. The van der Waals surface area contributed by atoms with Crippen LogP contribution in [0.2, 0.25) is 0 Å². The van der Waals surface area contributed by atoms with Gasteiger partial charge < -0.3 is 19.5 Å². The minimum absolute atomic E-state index is 0.108. The van der Waals surface area contributed by atoms with Gasteiger partial charge in [0.05, 0.1) is 33.3 Å². The van der Waals surface area contributed by atoms with Gasteiger partial charge in [-0.15, -0.1) is 0 Å². The quantitative estimate of drug-likeness (QED) is 0.872. The maximum atomic E-state index is 9.13. The van der Waals surface area contributed by atoms with Crippen molar-refractivity contribution in [3.63, 3.8) is 0 Å². The number of benzene rings is 1. The van der Waals surface area contributed by atoms with E-state index in [0.717, 1.165) is 24.8 Å². The van der Waals surface area contributed by atoms with Crippen LogP contribution in [0.5, 0.6) is 17.2 Å². The second-order valence-electron chi connectivity index (χ2n) is 5.15. The Hall–Kier alpha value is -1.93. The third-order valence-corrected chi connectivity index (χ3v) is 4.02. The number of nitrogens with one attached hydrogen (secondary N) is 1. The number of hydrogen-bond donors (Lipinski definition) is 1. The Kier molecular flexibility index (Phi) is 5.29. The number of hydrogen-bond acceptors (Lipinski definition) is 5. The summed E-state index contributed by atoms with van der Waals surface area (Å²) in [5, 5.41) is 12.6. The second-order valence-corrected chi connectivity index (χ2v) is 5.15. The molecule has 0 amide bonds. The monoisotopic (exact) mass is 290 g/mol. The SMILES string of the molecule is COc1ccc(CNC2CCCC2C#N)c(OC)c1OC. The smallest absolute Gasteiger partial charge is 0.203 e. The van der Waals surface area contributed by atoms with E-state index in [1.165, 1.54) is 0 Å². The van der Waals surface area contributed by atoms with E-state index in [-0.39, 0.29) is 12.0 Å². The lowest BCUT2D eigenvalue weighted by Gasteiger charge is -2.19. The zero-order valence-corrected chi connectivity index (χ0v) is 12.8. The third-order valence-electron chi connectivity index (χ3n) is 4.02. The van der Waals surface area contributed by atoms with E-state index >= 15 is 0 Å². The first kappa shape index (κ1) is 15.5. The number of nitrogens with zero attached hydrogens (tertiary/aromatic N) is 1. The molecule has 114 valence electrons. The first-order valence-corrected chi connectivity index (χ1v) is 7.16. The average Bonchev–Trinajstić information content (AvgIpc) is 2.99. The second kappa shape index (κ2) is 7.19. The van der Waals surface area contributed by atoms with Crippen molar-refractivity contribution in [2.45, 2.75) is 31.8 Å². The molecular weight excluding hydrogens is 268 g/mol. The summed E-state index contributed by atoms with van der Waals surface area (Å²) in [6.07, 6.45) is 3.14. The number of nitriles is 1. The van der Waals surface area contributed by atoms with Gasteiger partial charge in [-0.2, -0.15) is 5.26 Å². The molecule has 2 unspecified atom stereocenters. The molecule has 21 heavy (non-hydrogen) atoms. The Morgan fingerprint density at radius 3 is 2.52 bits per heavy atom. The van der Waals surface area contributed by atoms with E-state index < -0.39 is 0 Å². The minimum Gasteiger partial charge on any atom is -0.493 e. The van der Waals surface area contributed by atoms with Gasteiger partial charge in [-0.05, 0) is 18.9 Å². The van der Waals surface area contributed by atoms with Gasteiger partial charge >= 0.3 is 0 Å². The lowest BCUT2D eigenvalue weighted by molar-refractivity contribution is 0.320. The largest absolute Gasteiger partial charge is 0.493 e. The van der Waals surface area contributed by atoms with E-state index in [0.29, 0.717) is 23.8 Å². The van der Waals surface area contributed by atoms with Gasteiger partial charge in [-0.25, -0.2) is 0 Å². The van der Waals surface area contributed by atoms with Crippen LogP contribution in [0.1, 0.15) is 24.8 Å². The Balaban J connectivity index is 2.15. The normalized spacial score (nSPS) is 20.9. The molecule has 1 N–H and O–H groups in total. The highest BCUT2D eigenvalue weighted by Crippen LogP contribution is 2.39. The van der Waals surface area contributed by atoms with Gasteiger partial charge in [-0.1, -0.05) is 12.5 Å². The molecule has 1 fully saturated rings. The molecule has 1 aromatic carbocycles. The molecule has 1 aliphatic carbocycles. The molecule has 0 heterocycles. The molecule has 2 atom stereocenters. The lowest BCUT2D eigenvalue weighted by Crippen LogP contribution is -2.31. The average molecular weight is 290 g/mol. The summed E-state index contributed by atoms with van der Waals surface area (Å²) in [6.45, 7) is 0.645. The predicted octanol–water partition coefficient (Wildman–Crippen LogP) is 2.49. The van der Waals surface area contributed by atoms with Crippen LogP contribution in [0, 0.1) is 17.2 Å². The van der Waals surface area contributed by atoms with Crippen molar-refractivity contribution < 1.29 is 14.2 Å². The van der Waals surface area contributed by atoms with Crippen molar-refractivity contribution in [2.75, 3.05) is 21.3 Å². The van der Waals surface area contributed by atoms with Crippen molar-refractivity contribution >= 4 is 0 Å². The maximum Gasteiger partial charge on any atom is 0.203 e. The fraction of sp³-hybridized carbons (Fsp3) is 0.562. The van der Waals surface area contributed by atoms with Gasteiger partial charge in [0.15, 0.2) is 11.5 Å². The van der Waals surface area contributed by atoms with E-state index in [1.54, 1.807) is 21.3 Å². The van der Waals surface area contributed by atoms with Crippen molar-refractivity contribution in [1.29, 1.82) is 5.26 Å².